The van der Waals surface area contributed by atoms with Gasteiger partial charge in [0.25, 0.3) is 0 Å². The number of amides is 1. The lowest BCUT2D eigenvalue weighted by atomic mass is 9.73. The fourth-order valence-electron chi connectivity index (χ4n) is 6.48. The van der Waals surface area contributed by atoms with Gasteiger partial charge in [0.1, 0.15) is 0 Å². The second kappa shape index (κ2) is 9.22. The summed E-state index contributed by atoms with van der Waals surface area (Å²) in [6.07, 6.45) is 4.56. The Hall–Kier alpha value is -2.42. The van der Waals surface area contributed by atoms with Crippen molar-refractivity contribution in [1.29, 1.82) is 0 Å². The minimum absolute atomic E-state index is 0.121. The van der Waals surface area contributed by atoms with Gasteiger partial charge in [-0.2, -0.15) is 13.2 Å². The predicted molar refractivity (Wildman–Crippen MR) is 125 cm³/mol. The first kappa shape index (κ1) is 24.3. The third-order valence-corrected chi connectivity index (χ3v) is 8.72. The summed E-state index contributed by atoms with van der Waals surface area (Å²) in [6.45, 7) is 7.04. The Bertz CT molecular complexity index is 1050. The number of carbonyl (C=O) groups is 1. The molecule has 9 heteroatoms. The molecule has 6 nitrogen and oxygen atoms in total. The lowest BCUT2D eigenvalue weighted by Crippen LogP contribution is -2.49. The molecule has 190 valence electrons. The molecule has 2 atom stereocenters. The Morgan fingerprint density at radius 1 is 1.09 bits per heavy atom. The first-order valence-electron chi connectivity index (χ1n) is 12.8. The Labute approximate surface area is 204 Å². The van der Waals surface area contributed by atoms with Crippen LogP contribution in [-0.2, 0) is 23.9 Å². The maximum Gasteiger partial charge on any atom is 0.416 e. The summed E-state index contributed by atoms with van der Waals surface area (Å²) in [5.41, 5.74) is 0.453. The minimum Gasteiger partial charge on any atom is -0.338 e. The van der Waals surface area contributed by atoms with Crippen LogP contribution in [0, 0.1) is 11.3 Å². The minimum atomic E-state index is -4.37. The fraction of sp³-hybridized carbons (Fsp3) is 0.654. The molecule has 1 saturated heterocycles. The average molecular weight is 490 g/mol. The molecule has 0 N–H and O–H groups in total. The third kappa shape index (κ3) is 4.59. The summed E-state index contributed by atoms with van der Waals surface area (Å²) in [6, 6.07) is 4.70. The molecule has 2 aliphatic heterocycles. The van der Waals surface area contributed by atoms with Gasteiger partial charge in [-0.1, -0.05) is 25.1 Å². The van der Waals surface area contributed by atoms with E-state index in [1.807, 2.05) is 15.8 Å². The predicted octanol–water partition coefficient (Wildman–Crippen LogP) is 4.71. The number of benzene rings is 1. The van der Waals surface area contributed by atoms with E-state index in [2.05, 4.69) is 29.1 Å². The maximum absolute atomic E-state index is 14.0. The number of fused-ring (bicyclic) bond motifs is 1. The lowest BCUT2D eigenvalue weighted by molar-refractivity contribution is -0.146. The molecule has 1 amide bonds. The van der Waals surface area contributed by atoms with Crippen molar-refractivity contribution in [2.75, 3.05) is 19.6 Å². The second-order valence-electron chi connectivity index (χ2n) is 10.8. The van der Waals surface area contributed by atoms with E-state index in [4.69, 9.17) is 0 Å². The topological polar surface area (TPSA) is 54.3 Å². The van der Waals surface area contributed by atoms with Crippen molar-refractivity contribution in [2.24, 2.45) is 11.3 Å². The van der Waals surface area contributed by atoms with Crippen molar-refractivity contribution in [3.05, 3.63) is 47.3 Å². The molecular formula is C26H34F3N5O. The highest BCUT2D eigenvalue weighted by Gasteiger charge is 2.51. The summed E-state index contributed by atoms with van der Waals surface area (Å²) >= 11 is 0. The molecule has 5 rings (SSSR count). The Morgan fingerprint density at radius 3 is 2.51 bits per heavy atom. The highest BCUT2D eigenvalue weighted by atomic mass is 19.4. The zero-order valence-corrected chi connectivity index (χ0v) is 20.5. The number of hydrogen-bond donors (Lipinski definition) is 0. The van der Waals surface area contributed by atoms with Crippen LogP contribution >= 0.6 is 0 Å². The van der Waals surface area contributed by atoms with Crippen LogP contribution in [0.5, 0.6) is 0 Å². The van der Waals surface area contributed by atoms with Crippen LogP contribution < -0.4 is 0 Å². The number of likely N-dealkylation sites (tertiary alicyclic amines) is 1. The van der Waals surface area contributed by atoms with Gasteiger partial charge in [-0.05, 0) is 67.7 Å². The van der Waals surface area contributed by atoms with Crippen molar-refractivity contribution in [2.45, 2.75) is 77.2 Å². The van der Waals surface area contributed by atoms with E-state index in [1.165, 1.54) is 6.07 Å². The Balaban J connectivity index is 1.27. The molecule has 0 spiro atoms. The van der Waals surface area contributed by atoms with E-state index in [-0.39, 0.29) is 18.4 Å². The van der Waals surface area contributed by atoms with Gasteiger partial charge in [0.05, 0.1) is 23.2 Å². The molecule has 0 bridgehead atoms. The van der Waals surface area contributed by atoms with Gasteiger partial charge < -0.3 is 9.80 Å². The highest BCUT2D eigenvalue weighted by molar-refractivity contribution is 5.84. The van der Waals surface area contributed by atoms with E-state index in [9.17, 15) is 18.0 Å². The fourth-order valence-corrected chi connectivity index (χ4v) is 6.48. The molecule has 1 aromatic carbocycles. The molecule has 3 aliphatic rings. The first-order valence-corrected chi connectivity index (χ1v) is 12.8. The quantitative estimate of drug-likeness (QED) is 0.624. The number of carbonyl (C=O) groups excluding carboxylic acids is 1. The molecule has 2 fully saturated rings. The van der Waals surface area contributed by atoms with Crippen molar-refractivity contribution in [3.8, 4) is 0 Å². The van der Waals surface area contributed by atoms with Crippen molar-refractivity contribution >= 4 is 5.91 Å². The van der Waals surface area contributed by atoms with Crippen LogP contribution in [0.1, 0.15) is 68.7 Å². The van der Waals surface area contributed by atoms with Crippen molar-refractivity contribution < 1.29 is 18.0 Å². The SMILES string of the molecule is CC(C)[C@]1(C(=O)N2CCc3ccc(C(F)(F)F)cc3C2)CCC(N2CCC(n3ccnn3)CC2)C1. The summed E-state index contributed by atoms with van der Waals surface area (Å²) in [5.74, 6) is 0.297. The Morgan fingerprint density at radius 2 is 1.86 bits per heavy atom. The zero-order valence-electron chi connectivity index (χ0n) is 20.5. The number of aromatic nitrogens is 3. The second-order valence-corrected chi connectivity index (χ2v) is 10.8. The van der Waals surface area contributed by atoms with Crippen molar-refractivity contribution in [1.82, 2.24) is 24.8 Å². The van der Waals surface area contributed by atoms with Gasteiger partial charge in [-0.3, -0.25) is 4.79 Å². The van der Waals surface area contributed by atoms with E-state index in [0.717, 1.165) is 56.8 Å². The standard InChI is InChI=1S/C26H34F3N5O/c1-18(2)25(9-5-23(16-25)32-12-7-22(8-13-32)34-14-10-30-31-34)24(35)33-11-6-19-3-4-21(26(27,28)29)15-20(19)17-33/h3-4,10,14-15,18,22-23H,5-9,11-13,16-17H2,1-2H3/t23?,25-/m0/s1. The normalized spacial score (nSPS) is 26.3. The maximum atomic E-state index is 14.0. The molecular weight excluding hydrogens is 455 g/mol. The molecule has 1 saturated carbocycles. The third-order valence-electron chi connectivity index (χ3n) is 8.72. The molecule has 1 aromatic heterocycles. The highest BCUT2D eigenvalue weighted by Crippen LogP contribution is 2.48. The number of rotatable bonds is 4. The van der Waals surface area contributed by atoms with Crippen LogP contribution in [0.25, 0.3) is 0 Å². The molecule has 0 radical (unpaired) electrons. The van der Waals surface area contributed by atoms with Crippen LogP contribution in [-0.4, -0.2) is 56.4 Å². The molecule has 3 heterocycles. The van der Waals surface area contributed by atoms with Gasteiger partial charge in [0, 0.05) is 38.4 Å². The summed E-state index contributed by atoms with van der Waals surface area (Å²) in [4.78, 5) is 18.3. The summed E-state index contributed by atoms with van der Waals surface area (Å²) in [5, 5.41) is 8.08. The number of hydrogen-bond acceptors (Lipinski definition) is 4. The first-order chi connectivity index (χ1) is 16.7. The van der Waals surface area contributed by atoms with Gasteiger partial charge in [0.2, 0.25) is 5.91 Å². The largest absolute Gasteiger partial charge is 0.416 e. The zero-order chi connectivity index (χ0) is 24.8. The van der Waals surface area contributed by atoms with Crippen molar-refractivity contribution in [3.63, 3.8) is 0 Å². The van der Waals surface area contributed by atoms with Crippen LogP contribution in [0.4, 0.5) is 13.2 Å². The van der Waals surface area contributed by atoms with Gasteiger partial charge in [0.15, 0.2) is 0 Å². The molecule has 1 unspecified atom stereocenters. The van der Waals surface area contributed by atoms with E-state index < -0.39 is 17.2 Å². The average Bonchev–Trinajstić information content (AvgIpc) is 3.54. The van der Waals surface area contributed by atoms with Crippen LogP contribution in [0.3, 0.4) is 0 Å². The molecule has 35 heavy (non-hydrogen) atoms. The van der Waals surface area contributed by atoms with Crippen LogP contribution in [0.15, 0.2) is 30.6 Å². The number of piperidine rings is 1. The monoisotopic (exact) mass is 489 g/mol. The lowest BCUT2D eigenvalue weighted by Gasteiger charge is -2.41. The molecule has 2 aromatic rings. The molecule has 1 aliphatic carbocycles. The smallest absolute Gasteiger partial charge is 0.338 e. The summed E-state index contributed by atoms with van der Waals surface area (Å²) < 4.78 is 41.7. The van der Waals surface area contributed by atoms with Gasteiger partial charge in [-0.15, -0.1) is 5.10 Å². The Kier molecular flexibility index (Phi) is 6.40. The summed E-state index contributed by atoms with van der Waals surface area (Å²) in [7, 11) is 0. The van der Waals surface area contributed by atoms with Gasteiger partial charge >= 0.3 is 6.18 Å². The van der Waals surface area contributed by atoms with E-state index >= 15 is 0 Å². The van der Waals surface area contributed by atoms with Gasteiger partial charge in [-0.25, -0.2) is 4.68 Å². The van der Waals surface area contributed by atoms with E-state index in [1.54, 1.807) is 12.3 Å². The van der Waals surface area contributed by atoms with E-state index in [0.29, 0.717) is 30.6 Å². The number of nitrogens with zero attached hydrogens (tertiary/aromatic N) is 5. The number of alkyl halides is 3. The number of halogens is 3. The van der Waals surface area contributed by atoms with Crippen LogP contribution in [0.2, 0.25) is 0 Å².